The van der Waals surface area contributed by atoms with E-state index in [-0.39, 0.29) is 18.8 Å². The van der Waals surface area contributed by atoms with E-state index in [4.69, 9.17) is 9.47 Å². The lowest BCUT2D eigenvalue weighted by molar-refractivity contribution is -0.917. The van der Waals surface area contributed by atoms with Crippen molar-refractivity contribution in [2.45, 2.75) is 110 Å². The van der Waals surface area contributed by atoms with Crippen molar-refractivity contribution >= 4 is 5.97 Å². The normalized spacial score (nSPS) is 12.3. The van der Waals surface area contributed by atoms with Crippen LogP contribution in [-0.4, -0.2) is 37.4 Å². The zero-order valence-corrected chi connectivity index (χ0v) is 24.1. The number of esters is 1. The Balaban J connectivity index is 1.63. The highest BCUT2D eigenvalue weighted by molar-refractivity contribution is 5.74. The lowest BCUT2D eigenvalue weighted by Crippen LogP contribution is -2.51. The molecule has 1 atom stereocenters. The monoisotopic (exact) mass is 510 g/mol. The van der Waals surface area contributed by atoms with E-state index in [9.17, 15) is 4.79 Å². The highest BCUT2D eigenvalue weighted by Gasteiger charge is 2.32. The number of para-hydroxylation sites is 1. The van der Waals surface area contributed by atoms with Crippen LogP contribution in [0, 0.1) is 0 Å². The molecule has 4 heteroatoms. The Bertz CT molecular complexity index is 865. The summed E-state index contributed by atoms with van der Waals surface area (Å²) in [5.41, 5.74) is 2.40. The van der Waals surface area contributed by atoms with Crippen LogP contribution in [-0.2, 0) is 22.5 Å². The van der Waals surface area contributed by atoms with Crippen LogP contribution >= 0.6 is 0 Å². The fraction of sp³-hybridized carbons (Fsp3) is 0.606. The molecule has 0 aliphatic carbocycles. The highest BCUT2D eigenvalue weighted by Crippen LogP contribution is 2.22. The predicted octanol–water partition coefficient (Wildman–Crippen LogP) is 8.47. The summed E-state index contributed by atoms with van der Waals surface area (Å²) in [6.45, 7) is 4.91. The minimum atomic E-state index is -0.292. The quantitative estimate of drug-likeness (QED) is 0.0775. The van der Waals surface area contributed by atoms with E-state index in [1.807, 2.05) is 37.3 Å². The number of likely N-dealkylation sites (N-methyl/N-ethyl adjacent to an activating group) is 1. The second-order valence-corrected chi connectivity index (χ2v) is 11.1. The van der Waals surface area contributed by atoms with E-state index < -0.39 is 0 Å². The molecule has 2 rings (SSSR count). The number of rotatable bonds is 20. The molecule has 0 heterocycles. The molecule has 0 aliphatic heterocycles. The fourth-order valence-electron chi connectivity index (χ4n) is 4.76. The first kappa shape index (κ1) is 30.9. The van der Waals surface area contributed by atoms with Crippen molar-refractivity contribution in [2.24, 2.45) is 0 Å². The number of nitrogens with zero attached hydrogens (tertiary/aromatic N) is 1. The van der Waals surface area contributed by atoms with Crippen molar-refractivity contribution in [2.75, 3.05) is 20.9 Å². The number of carbonyl (C=O) groups excluding carboxylic acids is 1. The molecule has 0 aliphatic rings. The Morgan fingerprint density at radius 2 is 1.30 bits per heavy atom. The fourth-order valence-corrected chi connectivity index (χ4v) is 4.76. The number of aryl methyl sites for hydroxylation is 1. The zero-order valence-electron chi connectivity index (χ0n) is 24.1. The maximum atomic E-state index is 12.7. The van der Waals surface area contributed by atoms with Crippen molar-refractivity contribution in [3.8, 4) is 5.75 Å². The summed E-state index contributed by atoms with van der Waals surface area (Å²) in [5.74, 6) is 0.587. The third kappa shape index (κ3) is 12.6. The van der Waals surface area contributed by atoms with Gasteiger partial charge in [-0.15, -0.1) is 0 Å². The van der Waals surface area contributed by atoms with Gasteiger partial charge in [0.15, 0.2) is 6.04 Å². The lowest BCUT2D eigenvalue weighted by atomic mass is 10.0. The lowest BCUT2D eigenvalue weighted by Gasteiger charge is -2.34. The van der Waals surface area contributed by atoms with Crippen LogP contribution < -0.4 is 4.74 Å². The number of hydrogen-bond acceptors (Lipinski definition) is 3. The van der Waals surface area contributed by atoms with Crippen LogP contribution in [0.25, 0.3) is 0 Å². The molecular formula is C33H52NO3+. The number of carbonyl (C=O) groups is 1. The van der Waals surface area contributed by atoms with Crippen molar-refractivity contribution in [3.05, 3.63) is 65.7 Å². The summed E-state index contributed by atoms with van der Waals surface area (Å²) in [6, 6.07) is 18.1. The molecule has 0 fully saturated rings. The average molecular weight is 511 g/mol. The van der Waals surface area contributed by atoms with Gasteiger partial charge in [0.1, 0.15) is 12.3 Å². The Hall–Kier alpha value is -2.33. The van der Waals surface area contributed by atoms with Crippen LogP contribution in [0.1, 0.15) is 102 Å². The SMILES string of the molecule is CCCCCCCCCCCCCCc1ccccc1OCOC(=O)C(C)[N+](C)(C)Cc1ccccc1. The van der Waals surface area contributed by atoms with E-state index >= 15 is 0 Å². The molecule has 0 amide bonds. The van der Waals surface area contributed by atoms with Gasteiger partial charge in [-0.05, 0) is 31.4 Å². The van der Waals surface area contributed by atoms with Gasteiger partial charge in [-0.1, -0.05) is 126 Å². The van der Waals surface area contributed by atoms with E-state index in [1.54, 1.807) is 0 Å². The number of quaternary nitrogens is 1. The van der Waals surface area contributed by atoms with E-state index in [1.165, 1.54) is 88.2 Å². The van der Waals surface area contributed by atoms with Gasteiger partial charge < -0.3 is 14.0 Å². The average Bonchev–Trinajstić information content (AvgIpc) is 2.90. The van der Waals surface area contributed by atoms with E-state index in [2.05, 4.69) is 45.3 Å². The molecule has 0 spiro atoms. The summed E-state index contributed by atoms with van der Waals surface area (Å²) in [5, 5.41) is 0. The van der Waals surface area contributed by atoms with Gasteiger partial charge in [-0.2, -0.15) is 0 Å². The van der Waals surface area contributed by atoms with Crippen LogP contribution in [0.2, 0.25) is 0 Å². The number of benzene rings is 2. The van der Waals surface area contributed by atoms with Gasteiger partial charge in [-0.3, -0.25) is 0 Å². The van der Waals surface area contributed by atoms with E-state index in [0.717, 1.165) is 18.7 Å². The third-order valence-electron chi connectivity index (χ3n) is 7.51. The molecule has 2 aromatic carbocycles. The first-order valence-electron chi connectivity index (χ1n) is 14.7. The smallest absolute Gasteiger partial charge is 0.367 e. The Kier molecular flexibility index (Phi) is 15.0. The summed E-state index contributed by atoms with van der Waals surface area (Å²) in [7, 11) is 4.12. The van der Waals surface area contributed by atoms with Crippen molar-refractivity contribution in [3.63, 3.8) is 0 Å². The number of unbranched alkanes of at least 4 members (excludes halogenated alkanes) is 11. The predicted molar refractivity (Wildman–Crippen MR) is 155 cm³/mol. The molecule has 4 nitrogen and oxygen atoms in total. The minimum Gasteiger partial charge on any atom is -0.457 e. The summed E-state index contributed by atoms with van der Waals surface area (Å²) in [4.78, 5) is 12.7. The molecule has 0 bridgehead atoms. The molecule has 0 N–H and O–H groups in total. The third-order valence-corrected chi connectivity index (χ3v) is 7.51. The molecule has 1 unspecified atom stereocenters. The van der Waals surface area contributed by atoms with Crippen molar-refractivity contribution in [1.82, 2.24) is 0 Å². The molecular weight excluding hydrogens is 458 g/mol. The standard InChI is InChI=1S/C33H52NO3/c1-5-6-7-8-9-10-11-12-13-14-15-19-24-31-25-20-21-26-32(31)36-28-37-33(35)29(2)34(3,4)27-30-22-17-16-18-23-30/h16-18,20-23,25-26,29H,5-15,19,24,27-28H2,1-4H3/q+1. The van der Waals surface area contributed by atoms with Gasteiger partial charge in [0.05, 0.1) is 14.1 Å². The Morgan fingerprint density at radius 3 is 1.92 bits per heavy atom. The van der Waals surface area contributed by atoms with Crippen molar-refractivity contribution in [1.29, 1.82) is 0 Å². The molecule has 2 aromatic rings. The topological polar surface area (TPSA) is 35.5 Å². The van der Waals surface area contributed by atoms with Gasteiger partial charge >= 0.3 is 5.97 Å². The van der Waals surface area contributed by atoms with Gasteiger partial charge in [0.25, 0.3) is 0 Å². The van der Waals surface area contributed by atoms with Gasteiger partial charge in [0, 0.05) is 5.56 Å². The summed E-state index contributed by atoms with van der Waals surface area (Å²) in [6.07, 6.45) is 17.2. The molecule has 0 saturated heterocycles. The van der Waals surface area contributed by atoms with Crippen LogP contribution in [0.15, 0.2) is 54.6 Å². The Morgan fingerprint density at radius 1 is 0.757 bits per heavy atom. The first-order chi connectivity index (χ1) is 17.9. The second-order valence-electron chi connectivity index (χ2n) is 11.1. The zero-order chi connectivity index (χ0) is 26.8. The maximum absolute atomic E-state index is 12.7. The number of hydrogen-bond donors (Lipinski definition) is 0. The minimum absolute atomic E-state index is 0.0516. The van der Waals surface area contributed by atoms with Crippen LogP contribution in [0.5, 0.6) is 5.75 Å². The molecule has 206 valence electrons. The summed E-state index contributed by atoms with van der Waals surface area (Å²) < 4.78 is 11.9. The largest absolute Gasteiger partial charge is 0.457 e. The second kappa shape index (κ2) is 18.0. The molecule has 0 radical (unpaired) electrons. The molecule has 37 heavy (non-hydrogen) atoms. The van der Waals surface area contributed by atoms with Gasteiger partial charge in [-0.25, -0.2) is 4.79 Å². The number of ether oxygens (including phenoxy) is 2. The van der Waals surface area contributed by atoms with Crippen molar-refractivity contribution < 1.29 is 18.8 Å². The van der Waals surface area contributed by atoms with E-state index in [0.29, 0.717) is 4.48 Å². The maximum Gasteiger partial charge on any atom is 0.367 e. The molecule has 0 saturated carbocycles. The molecule has 0 aromatic heterocycles. The van der Waals surface area contributed by atoms with Crippen LogP contribution in [0.4, 0.5) is 0 Å². The first-order valence-corrected chi connectivity index (χ1v) is 14.7. The van der Waals surface area contributed by atoms with Gasteiger partial charge in [0.2, 0.25) is 6.79 Å². The van der Waals surface area contributed by atoms with Crippen LogP contribution in [0.3, 0.4) is 0 Å². The Labute approximate surface area is 227 Å². The summed E-state index contributed by atoms with van der Waals surface area (Å²) >= 11 is 0. The highest BCUT2D eigenvalue weighted by atomic mass is 16.7.